The lowest BCUT2D eigenvalue weighted by molar-refractivity contribution is -0.136. The Labute approximate surface area is 142 Å². The van der Waals surface area contributed by atoms with Gasteiger partial charge in [0.2, 0.25) is 5.91 Å². The fraction of sp³-hybridized carbons (Fsp3) is 0.500. The number of aromatic nitrogens is 3. The standard InChI is InChI=1S/C18H24N4O2/c1-14-7-6-10-21(11-14)18(23)15(2)22-12-16(19-20-22)13-24-17-8-4-3-5-9-17/h3-5,8-9,12,14-15H,6-7,10-11,13H2,1-2H3. The number of para-hydroxylation sites is 1. The number of benzene rings is 1. The van der Waals surface area contributed by atoms with Crippen LogP contribution in [0.4, 0.5) is 0 Å². The van der Waals surface area contributed by atoms with Crippen molar-refractivity contribution in [1.82, 2.24) is 19.9 Å². The zero-order valence-electron chi connectivity index (χ0n) is 14.3. The number of rotatable bonds is 5. The number of hydrogen-bond donors (Lipinski definition) is 0. The summed E-state index contributed by atoms with van der Waals surface area (Å²) in [5.41, 5.74) is 0.713. The Morgan fingerprint density at radius 1 is 1.38 bits per heavy atom. The first kappa shape index (κ1) is 16.5. The van der Waals surface area contributed by atoms with Crippen molar-refractivity contribution in [3.05, 3.63) is 42.2 Å². The maximum atomic E-state index is 12.6. The van der Waals surface area contributed by atoms with Crippen molar-refractivity contribution in [3.8, 4) is 5.75 Å². The zero-order valence-corrected chi connectivity index (χ0v) is 14.3. The van der Waals surface area contributed by atoms with E-state index in [1.54, 1.807) is 10.9 Å². The lowest BCUT2D eigenvalue weighted by Crippen LogP contribution is -2.42. The van der Waals surface area contributed by atoms with Crippen LogP contribution in [0, 0.1) is 5.92 Å². The second kappa shape index (κ2) is 7.47. The first-order valence-electron chi connectivity index (χ1n) is 8.51. The second-order valence-electron chi connectivity index (χ2n) is 6.50. The van der Waals surface area contributed by atoms with Crippen LogP contribution in [0.1, 0.15) is 38.4 Å². The first-order chi connectivity index (χ1) is 11.6. The highest BCUT2D eigenvalue weighted by Gasteiger charge is 2.26. The molecule has 1 fully saturated rings. The van der Waals surface area contributed by atoms with Crippen molar-refractivity contribution in [2.45, 2.75) is 39.3 Å². The molecular formula is C18H24N4O2. The summed E-state index contributed by atoms with van der Waals surface area (Å²) in [4.78, 5) is 14.6. The molecule has 24 heavy (non-hydrogen) atoms. The molecule has 0 radical (unpaired) electrons. The van der Waals surface area contributed by atoms with Crippen molar-refractivity contribution in [2.24, 2.45) is 5.92 Å². The monoisotopic (exact) mass is 328 g/mol. The third-order valence-electron chi connectivity index (χ3n) is 4.41. The molecule has 1 saturated heterocycles. The van der Waals surface area contributed by atoms with Crippen LogP contribution < -0.4 is 4.74 Å². The summed E-state index contributed by atoms with van der Waals surface area (Å²) >= 11 is 0. The highest BCUT2D eigenvalue weighted by molar-refractivity contribution is 5.80. The Kier molecular flexibility index (Phi) is 5.13. The van der Waals surface area contributed by atoms with Crippen LogP contribution in [-0.2, 0) is 11.4 Å². The molecule has 6 heteroatoms. The summed E-state index contributed by atoms with van der Waals surface area (Å²) in [6.45, 7) is 6.08. The summed E-state index contributed by atoms with van der Waals surface area (Å²) in [7, 11) is 0. The van der Waals surface area contributed by atoms with Gasteiger partial charge in [0.15, 0.2) is 0 Å². The number of nitrogens with zero attached hydrogens (tertiary/aromatic N) is 4. The van der Waals surface area contributed by atoms with Crippen LogP contribution in [0.25, 0.3) is 0 Å². The molecule has 1 amide bonds. The van der Waals surface area contributed by atoms with Gasteiger partial charge in [-0.05, 0) is 37.8 Å². The average Bonchev–Trinajstić information content (AvgIpc) is 3.08. The van der Waals surface area contributed by atoms with E-state index in [0.29, 0.717) is 18.2 Å². The van der Waals surface area contributed by atoms with Crippen LogP contribution in [-0.4, -0.2) is 38.9 Å². The van der Waals surface area contributed by atoms with Gasteiger partial charge >= 0.3 is 0 Å². The van der Waals surface area contributed by atoms with E-state index >= 15 is 0 Å². The van der Waals surface area contributed by atoms with Crippen molar-refractivity contribution in [1.29, 1.82) is 0 Å². The molecule has 6 nitrogen and oxygen atoms in total. The van der Waals surface area contributed by atoms with Crippen molar-refractivity contribution >= 4 is 5.91 Å². The molecule has 1 aliphatic heterocycles. The van der Waals surface area contributed by atoms with Crippen LogP contribution in [0.2, 0.25) is 0 Å². The predicted octanol–water partition coefficient (Wildman–Crippen LogP) is 2.68. The van der Waals surface area contributed by atoms with E-state index in [9.17, 15) is 4.79 Å². The van der Waals surface area contributed by atoms with Gasteiger partial charge in [-0.1, -0.05) is 30.3 Å². The third-order valence-corrected chi connectivity index (χ3v) is 4.41. The molecule has 2 atom stereocenters. The molecule has 1 aromatic heterocycles. The van der Waals surface area contributed by atoms with E-state index in [1.807, 2.05) is 42.2 Å². The largest absolute Gasteiger partial charge is 0.487 e. The van der Waals surface area contributed by atoms with E-state index in [0.717, 1.165) is 25.3 Å². The molecule has 0 saturated carbocycles. The fourth-order valence-electron chi connectivity index (χ4n) is 3.01. The molecule has 2 aromatic rings. The van der Waals surface area contributed by atoms with Gasteiger partial charge in [0.05, 0.1) is 6.20 Å². The number of carbonyl (C=O) groups excluding carboxylic acids is 1. The van der Waals surface area contributed by atoms with Crippen LogP contribution in [0.5, 0.6) is 5.75 Å². The van der Waals surface area contributed by atoms with E-state index < -0.39 is 0 Å². The van der Waals surface area contributed by atoms with Gasteiger partial charge in [0.1, 0.15) is 24.1 Å². The molecule has 1 aromatic carbocycles. The maximum absolute atomic E-state index is 12.6. The Bertz CT molecular complexity index is 671. The Balaban J connectivity index is 1.58. The Morgan fingerprint density at radius 3 is 2.92 bits per heavy atom. The summed E-state index contributed by atoms with van der Waals surface area (Å²) in [6, 6.07) is 9.24. The van der Waals surface area contributed by atoms with Gasteiger partial charge in [0.25, 0.3) is 0 Å². The fourth-order valence-corrected chi connectivity index (χ4v) is 3.01. The highest BCUT2D eigenvalue weighted by Crippen LogP contribution is 2.19. The zero-order chi connectivity index (χ0) is 16.9. The summed E-state index contributed by atoms with van der Waals surface area (Å²) < 4.78 is 7.30. The first-order valence-corrected chi connectivity index (χ1v) is 8.51. The lowest BCUT2D eigenvalue weighted by atomic mass is 10.00. The van der Waals surface area contributed by atoms with Gasteiger partial charge in [-0.25, -0.2) is 4.68 Å². The minimum absolute atomic E-state index is 0.113. The van der Waals surface area contributed by atoms with E-state index in [1.165, 1.54) is 6.42 Å². The number of ether oxygens (including phenoxy) is 1. The third kappa shape index (κ3) is 3.93. The SMILES string of the molecule is CC1CCCN(C(=O)C(C)n2cc(COc3ccccc3)nn2)C1. The van der Waals surface area contributed by atoms with Crippen LogP contribution in [0.3, 0.4) is 0 Å². The average molecular weight is 328 g/mol. The molecular weight excluding hydrogens is 304 g/mol. The number of amides is 1. The molecule has 2 unspecified atom stereocenters. The minimum Gasteiger partial charge on any atom is -0.487 e. The van der Waals surface area contributed by atoms with Gasteiger partial charge in [-0.2, -0.15) is 0 Å². The highest BCUT2D eigenvalue weighted by atomic mass is 16.5. The molecule has 0 bridgehead atoms. The summed E-state index contributed by atoms with van der Waals surface area (Å²) in [6.07, 6.45) is 4.06. The smallest absolute Gasteiger partial charge is 0.247 e. The van der Waals surface area contributed by atoms with Gasteiger partial charge in [-0.15, -0.1) is 5.10 Å². The van der Waals surface area contributed by atoms with Gasteiger partial charge < -0.3 is 9.64 Å². The van der Waals surface area contributed by atoms with E-state index in [2.05, 4.69) is 17.2 Å². The van der Waals surface area contributed by atoms with Crippen molar-refractivity contribution in [2.75, 3.05) is 13.1 Å². The number of likely N-dealkylation sites (tertiary alicyclic amines) is 1. The van der Waals surface area contributed by atoms with E-state index in [4.69, 9.17) is 4.74 Å². The molecule has 1 aliphatic rings. The number of piperidine rings is 1. The van der Waals surface area contributed by atoms with Gasteiger partial charge in [-0.3, -0.25) is 4.79 Å². The predicted molar refractivity (Wildman–Crippen MR) is 90.5 cm³/mol. The lowest BCUT2D eigenvalue weighted by Gasteiger charge is -2.32. The number of hydrogen-bond acceptors (Lipinski definition) is 4. The Morgan fingerprint density at radius 2 is 2.17 bits per heavy atom. The topological polar surface area (TPSA) is 60.2 Å². The summed E-state index contributed by atoms with van der Waals surface area (Å²) in [5, 5.41) is 8.21. The molecule has 0 N–H and O–H groups in total. The minimum atomic E-state index is -0.340. The summed E-state index contributed by atoms with van der Waals surface area (Å²) in [5.74, 6) is 1.47. The van der Waals surface area contributed by atoms with E-state index in [-0.39, 0.29) is 11.9 Å². The van der Waals surface area contributed by atoms with Crippen LogP contribution >= 0.6 is 0 Å². The van der Waals surface area contributed by atoms with Crippen molar-refractivity contribution < 1.29 is 9.53 Å². The quantitative estimate of drug-likeness (QED) is 0.846. The Hall–Kier alpha value is -2.37. The van der Waals surface area contributed by atoms with Crippen LogP contribution in [0.15, 0.2) is 36.5 Å². The molecule has 0 aliphatic carbocycles. The molecule has 2 heterocycles. The normalized spacial score (nSPS) is 19.1. The molecule has 128 valence electrons. The van der Waals surface area contributed by atoms with Crippen molar-refractivity contribution in [3.63, 3.8) is 0 Å². The van der Waals surface area contributed by atoms with Gasteiger partial charge in [0, 0.05) is 13.1 Å². The molecule has 3 rings (SSSR count). The second-order valence-corrected chi connectivity index (χ2v) is 6.50. The maximum Gasteiger partial charge on any atom is 0.247 e. The number of carbonyl (C=O) groups is 1. The molecule has 0 spiro atoms.